The number of hydrogen-bond acceptors (Lipinski definition) is 4. The smallest absolute Gasteiger partial charge is 0.176 e. The number of hydrogen-bond donors (Lipinski definition) is 0. The first-order valence-corrected chi connectivity index (χ1v) is 10.6. The lowest BCUT2D eigenvalue weighted by atomic mass is 10.1. The fraction of sp³-hybridized carbons (Fsp3) is 0.231. The molecule has 5 heteroatoms. The zero-order chi connectivity index (χ0) is 21.2. The number of anilines is 1. The van der Waals surface area contributed by atoms with Gasteiger partial charge in [-0.15, -0.1) is 0 Å². The maximum Gasteiger partial charge on any atom is 0.176 e. The van der Waals surface area contributed by atoms with Crippen LogP contribution in [0.4, 0.5) is 10.1 Å². The Balaban J connectivity index is 1.34. The van der Waals surface area contributed by atoms with Gasteiger partial charge in [0.05, 0.1) is 7.11 Å². The zero-order valence-corrected chi connectivity index (χ0v) is 17.6. The molecule has 0 atom stereocenters. The minimum atomic E-state index is -0.278. The zero-order valence-electron chi connectivity index (χ0n) is 17.6. The lowest BCUT2D eigenvalue weighted by molar-refractivity contribution is 0.249. The molecule has 1 aliphatic rings. The van der Waals surface area contributed by atoms with E-state index in [2.05, 4.69) is 46.2 Å². The molecule has 1 fully saturated rings. The molecule has 2 heterocycles. The van der Waals surface area contributed by atoms with Gasteiger partial charge in [-0.1, -0.05) is 30.3 Å². The highest BCUT2D eigenvalue weighted by molar-refractivity contribution is 5.88. The summed E-state index contributed by atoms with van der Waals surface area (Å²) in [6.45, 7) is 4.90. The van der Waals surface area contributed by atoms with Crippen LogP contribution in [0.15, 0.2) is 77.2 Å². The lowest BCUT2D eigenvalue weighted by Gasteiger charge is -2.36. The first-order valence-electron chi connectivity index (χ1n) is 10.6. The van der Waals surface area contributed by atoms with E-state index in [9.17, 15) is 4.39 Å². The molecule has 0 radical (unpaired) electrons. The third kappa shape index (κ3) is 4.14. The van der Waals surface area contributed by atoms with Crippen LogP contribution in [0.1, 0.15) is 5.56 Å². The monoisotopic (exact) mass is 416 g/mol. The van der Waals surface area contributed by atoms with Crippen molar-refractivity contribution in [3.8, 4) is 17.1 Å². The van der Waals surface area contributed by atoms with Crippen LogP contribution in [0, 0.1) is 5.82 Å². The molecular formula is C26H25FN2O2. The Kier molecular flexibility index (Phi) is 5.35. The summed E-state index contributed by atoms with van der Waals surface area (Å²) in [5.41, 5.74) is 3.88. The molecule has 5 rings (SSSR count). The van der Waals surface area contributed by atoms with E-state index in [1.807, 2.05) is 18.2 Å². The average Bonchev–Trinajstić information content (AvgIpc) is 3.24. The minimum absolute atomic E-state index is 0.278. The first-order chi connectivity index (χ1) is 15.2. The van der Waals surface area contributed by atoms with Gasteiger partial charge in [0.2, 0.25) is 0 Å². The summed E-state index contributed by atoms with van der Waals surface area (Å²) >= 11 is 0. The fourth-order valence-corrected chi connectivity index (χ4v) is 4.27. The Labute approximate surface area is 181 Å². The second-order valence-corrected chi connectivity index (χ2v) is 7.94. The van der Waals surface area contributed by atoms with Crippen LogP contribution in [0.3, 0.4) is 0 Å². The van der Waals surface area contributed by atoms with Gasteiger partial charge in [0.1, 0.15) is 11.6 Å². The molecule has 1 saturated heterocycles. The molecular weight excluding hydrogens is 391 g/mol. The fourth-order valence-electron chi connectivity index (χ4n) is 4.27. The van der Waals surface area contributed by atoms with Crippen LogP contribution in [0.2, 0.25) is 0 Å². The number of benzene rings is 3. The molecule has 0 spiro atoms. The van der Waals surface area contributed by atoms with Crippen LogP contribution < -0.4 is 9.64 Å². The van der Waals surface area contributed by atoms with Crippen molar-refractivity contribution in [1.29, 1.82) is 0 Å². The van der Waals surface area contributed by atoms with E-state index in [1.165, 1.54) is 23.4 Å². The largest absolute Gasteiger partial charge is 0.493 e. The van der Waals surface area contributed by atoms with Gasteiger partial charge in [0, 0.05) is 49.4 Å². The maximum absolute atomic E-state index is 13.6. The highest BCUT2D eigenvalue weighted by Crippen LogP contribution is 2.35. The van der Waals surface area contributed by atoms with Crippen molar-refractivity contribution in [1.82, 2.24) is 4.90 Å². The predicted octanol–water partition coefficient (Wildman–Crippen LogP) is 5.57. The molecule has 158 valence electrons. The molecule has 0 aliphatic carbocycles. The molecule has 31 heavy (non-hydrogen) atoms. The van der Waals surface area contributed by atoms with E-state index in [-0.39, 0.29) is 5.82 Å². The summed E-state index contributed by atoms with van der Waals surface area (Å²) in [5, 5.41) is 0.969. The Bertz CT molecular complexity index is 1180. The van der Waals surface area contributed by atoms with Crippen molar-refractivity contribution >= 4 is 16.7 Å². The molecule has 4 nitrogen and oxygen atoms in total. The quantitative estimate of drug-likeness (QED) is 0.425. The van der Waals surface area contributed by atoms with Crippen LogP contribution in [0.5, 0.6) is 5.75 Å². The van der Waals surface area contributed by atoms with E-state index in [0.717, 1.165) is 43.7 Å². The Morgan fingerprint density at radius 1 is 0.903 bits per heavy atom. The molecule has 4 aromatic rings. The van der Waals surface area contributed by atoms with Crippen molar-refractivity contribution < 1.29 is 13.5 Å². The second kappa shape index (κ2) is 8.44. The lowest BCUT2D eigenvalue weighted by Crippen LogP contribution is -2.45. The molecule has 0 bridgehead atoms. The Hall–Kier alpha value is -3.31. The van der Waals surface area contributed by atoms with Crippen molar-refractivity contribution in [3.63, 3.8) is 0 Å². The topological polar surface area (TPSA) is 28.9 Å². The van der Waals surface area contributed by atoms with Gasteiger partial charge in [-0.25, -0.2) is 4.39 Å². The summed E-state index contributed by atoms with van der Waals surface area (Å²) in [4.78, 5) is 4.90. The third-order valence-corrected chi connectivity index (χ3v) is 5.87. The summed E-state index contributed by atoms with van der Waals surface area (Å²) in [5.74, 6) is 1.07. The molecule has 0 amide bonds. The predicted molar refractivity (Wildman–Crippen MR) is 122 cm³/mol. The summed E-state index contributed by atoms with van der Waals surface area (Å²) in [7, 11) is 1.65. The number of furan rings is 1. The normalized spacial score (nSPS) is 14.8. The highest BCUT2D eigenvalue weighted by atomic mass is 19.1. The molecule has 3 aromatic carbocycles. The van der Waals surface area contributed by atoms with Gasteiger partial charge in [-0.2, -0.15) is 0 Å². The molecule has 0 unspecified atom stereocenters. The van der Waals surface area contributed by atoms with E-state index < -0.39 is 0 Å². The van der Waals surface area contributed by atoms with E-state index in [4.69, 9.17) is 9.15 Å². The van der Waals surface area contributed by atoms with Gasteiger partial charge in [0.25, 0.3) is 0 Å². The van der Waals surface area contributed by atoms with Crippen molar-refractivity contribution in [2.45, 2.75) is 6.54 Å². The van der Waals surface area contributed by atoms with Gasteiger partial charge in [0.15, 0.2) is 11.3 Å². The maximum atomic E-state index is 13.6. The number of nitrogens with zero attached hydrogens (tertiary/aromatic N) is 2. The SMILES string of the molecule is COc1cc(CN2CCN(c3ccccc3)CC2)cc2cc(-c3cccc(F)c3)oc12. The van der Waals surface area contributed by atoms with Crippen LogP contribution >= 0.6 is 0 Å². The van der Waals surface area contributed by atoms with Crippen molar-refractivity contribution in [3.05, 3.63) is 84.2 Å². The minimum Gasteiger partial charge on any atom is -0.493 e. The number of piperazine rings is 1. The summed E-state index contributed by atoms with van der Waals surface area (Å²) < 4.78 is 25.3. The number of ether oxygens (including phenoxy) is 1. The van der Waals surface area contributed by atoms with Crippen molar-refractivity contribution in [2.24, 2.45) is 0 Å². The van der Waals surface area contributed by atoms with Gasteiger partial charge in [-0.05, 0) is 48.0 Å². The number of methoxy groups -OCH3 is 1. The first kappa shape index (κ1) is 19.6. The van der Waals surface area contributed by atoms with Crippen LogP contribution in [0.25, 0.3) is 22.3 Å². The highest BCUT2D eigenvalue weighted by Gasteiger charge is 2.19. The van der Waals surface area contributed by atoms with Gasteiger partial charge in [-0.3, -0.25) is 4.90 Å². The molecule has 0 saturated carbocycles. The molecule has 1 aliphatic heterocycles. The van der Waals surface area contributed by atoms with Crippen LogP contribution in [-0.2, 0) is 6.54 Å². The number of fused-ring (bicyclic) bond motifs is 1. The second-order valence-electron chi connectivity index (χ2n) is 7.94. The number of rotatable bonds is 5. The summed E-state index contributed by atoms with van der Waals surface area (Å²) in [6.07, 6.45) is 0. The van der Waals surface area contributed by atoms with E-state index >= 15 is 0 Å². The van der Waals surface area contributed by atoms with Crippen molar-refractivity contribution in [2.75, 3.05) is 38.2 Å². The molecule has 0 N–H and O–H groups in total. The number of halogens is 1. The summed E-state index contributed by atoms with van der Waals surface area (Å²) in [6, 6.07) is 23.2. The van der Waals surface area contributed by atoms with Crippen LogP contribution in [-0.4, -0.2) is 38.2 Å². The van der Waals surface area contributed by atoms with Gasteiger partial charge >= 0.3 is 0 Å². The number of para-hydroxylation sites is 1. The van der Waals surface area contributed by atoms with Gasteiger partial charge < -0.3 is 14.1 Å². The average molecular weight is 416 g/mol. The van der Waals surface area contributed by atoms with E-state index in [1.54, 1.807) is 13.2 Å². The standard InChI is InChI=1S/C26H25FN2O2/c1-30-25-15-19(18-28-10-12-29(13-11-28)23-8-3-2-4-9-23)14-21-17-24(31-26(21)25)20-6-5-7-22(27)16-20/h2-9,14-17H,10-13,18H2,1H3. The third-order valence-electron chi connectivity index (χ3n) is 5.87. The molecule has 1 aromatic heterocycles. The Morgan fingerprint density at radius 3 is 2.45 bits per heavy atom. The Morgan fingerprint density at radius 2 is 1.71 bits per heavy atom. The van der Waals surface area contributed by atoms with E-state index in [0.29, 0.717) is 17.1 Å².